The van der Waals surface area contributed by atoms with Crippen molar-refractivity contribution >= 4 is 11.7 Å². The summed E-state index contributed by atoms with van der Waals surface area (Å²) in [6.07, 6.45) is -5.61. The lowest BCUT2D eigenvalue weighted by atomic mass is 10.2. The fraction of sp³-hybridized carbons (Fsp3) is 0.300. The van der Waals surface area contributed by atoms with E-state index in [9.17, 15) is 22.4 Å². The maximum atomic E-state index is 13.2. The van der Waals surface area contributed by atoms with Gasteiger partial charge in [-0.2, -0.15) is 13.2 Å². The molecular formula is C10H9F4NO3. The molecule has 0 spiro atoms. The molecule has 0 heterocycles. The number of hydrogen-bond acceptors (Lipinski definition) is 3. The molecule has 8 heteroatoms. The van der Waals surface area contributed by atoms with Crippen LogP contribution in [0.4, 0.5) is 23.2 Å². The highest BCUT2D eigenvalue weighted by Crippen LogP contribution is 2.27. The van der Waals surface area contributed by atoms with Gasteiger partial charge < -0.3 is 15.6 Å². The summed E-state index contributed by atoms with van der Waals surface area (Å²) in [4.78, 5) is 10.5. The summed E-state index contributed by atoms with van der Waals surface area (Å²) in [5, 5.41) is 8.58. The first-order chi connectivity index (χ1) is 8.20. The number of nitrogens with two attached hydrogens (primary N) is 1. The number of rotatable bonds is 4. The van der Waals surface area contributed by atoms with E-state index in [1.807, 2.05) is 0 Å². The molecule has 100 valence electrons. The lowest BCUT2D eigenvalue weighted by Crippen LogP contribution is -2.14. The second-order valence-electron chi connectivity index (χ2n) is 3.39. The number of aromatic carboxylic acids is 1. The van der Waals surface area contributed by atoms with E-state index in [1.54, 1.807) is 0 Å². The molecule has 0 aliphatic rings. The fourth-order valence-electron chi connectivity index (χ4n) is 1.14. The summed E-state index contributed by atoms with van der Waals surface area (Å²) in [6, 6.07) is 1.44. The van der Waals surface area contributed by atoms with E-state index in [4.69, 9.17) is 10.8 Å². The summed E-state index contributed by atoms with van der Waals surface area (Å²) >= 11 is 0. The molecule has 1 aromatic carbocycles. The Morgan fingerprint density at radius 1 is 1.39 bits per heavy atom. The molecule has 0 atom stereocenters. The van der Waals surface area contributed by atoms with Crippen LogP contribution < -0.4 is 10.5 Å². The molecule has 0 aliphatic heterocycles. The van der Waals surface area contributed by atoms with E-state index in [-0.39, 0.29) is 11.4 Å². The van der Waals surface area contributed by atoms with E-state index in [1.165, 1.54) is 0 Å². The van der Waals surface area contributed by atoms with Gasteiger partial charge in [0.15, 0.2) is 0 Å². The molecule has 1 rings (SSSR count). The number of benzene rings is 1. The summed E-state index contributed by atoms with van der Waals surface area (Å²) in [5.74, 6) is -2.97. The van der Waals surface area contributed by atoms with Crippen molar-refractivity contribution in [1.29, 1.82) is 0 Å². The second kappa shape index (κ2) is 5.11. The summed E-state index contributed by atoms with van der Waals surface area (Å²) in [6.45, 7) is -0.723. The lowest BCUT2D eigenvalue weighted by Gasteiger charge is -2.11. The number of ether oxygens (including phenoxy) is 1. The van der Waals surface area contributed by atoms with Gasteiger partial charge in [-0.25, -0.2) is 9.18 Å². The third-order valence-corrected chi connectivity index (χ3v) is 1.97. The highest BCUT2D eigenvalue weighted by atomic mass is 19.4. The highest BCUT2D eigenvalue weighted by molar-refractivity contribution is 5.89. The minimum Gasteiger partial charge on any atom is -0.491 e. The van der Waals surface area contributed by atoms with Crippen LogP contribution in [0.5, 0.6) is 5.75 Å². The van der Waals surface area contributed by atoms with Crippen molar-refractivity contribution in [2.75, 3.05) is 12.3 Å². The Hall–Kier alpha value is -1.99. The normalized spacial score (nSPS) is 11.3. The first-order valence-corrected chi connectivity index (χ1v) is 4.72. The zero-order valence-electron chi connectivity index (χ0n) is 8.92. The van der Waals surface area contributed by atoms with Crippen molar-refractivity contribution in [3.05, 3.63) is 23.5 Å². The van der Waals surface area contributed by atoms with Crippen molar-refractivity contribution in [2.24, 2.45) is 0 Å². The number of carboxylic acids is 1. The van der Waals surface area contributed by atoms with Crippen LogP contribution in [0.2, 0.25) is 0 Å². The van der Waals surface area contributed by atoms with Gasteiger partial charge in [-0.05, 0) is 6.07 Å². The molecule has 0 fully saturated rings. The zero-order chi connectivity index (χ0) is 13.9. The SMILES string of the molecule is Nc1cc(C(=O)O)c(F)cc1OCCC(F)(F)F. The molecule has 0 aliphatic carbocycles. The Morgan fingerprint density at radius 3 is 2.50 bits per heavy atom. The molecule has 0 saturated carbocycles. The van der Waals surface area contributed by atoms with Crippen LogP contribution in [-0.4, -0.2) is 23.9 Å². The van der Waals surface area contributed by atoms with Crippen LogP contribution in [0.3, 0.4) is 0 Å². The third-order valence-electron chi connectivity index (χ3n) is 1.97. The van der Waals surface area contributed by atoms with Crippen molar-refractivity contribution in [1.82, 2.24) is 0 Å². The molecule has 0 saturated heterocycles. The van der Waals surface area contributed by atoms with Crippen LogP contribution in [0.1, 0.15) is 16.8 Å². The predicted molar refractivity (Wildman–Crippen MR) is 53.9 cm³/mol. The van der Waals surface area contributed by atoms with Gasteiger partial charge in [-0.1, -0.05) is 0 Å². The van der Waals surface area contributed by atoms with Crippen molar-refractivity contribution in [3.8, 4) is 5.75 Å². The standard InChI is InChI=1S/C10H9F4NO3/c11-6-4-8(18-2-1-10(12,13)14)7(15)3-5(6)9(16)17/h3-4H,1-2,15H2,(H,16,17). The van der Waals surface area contributed by atoms with Crippen LogP contribution in [-0.2, 0) is 0 Å². The molecule has 0 unspecified atom stereocenters. The van der Waals surface area contributed by atoms with E-state index in [2.05, 4.69) is 4.74 Å². The highest BCUT2D eigenvalue weighted by Gasteiger charge is 2.27. The molecule has 1 aromatic rings. The number of alkyl halides is 3. The van der Waals surface area contributed by atoms with Crippen LogP contribution >= 0.6 is 0 Å². The first-order valence-electron chi connectivity index (χ1n) is 4.72. The van der Waals surface area contributed by atoms with Gasteiger partial charge in [0.1, 0.15) is 11.6 Å². The van der Waals surface area contributed by atoms with Gasteiger partial charge in [0.2, 0.25) is 0 Å². The Labute approximate surface area is 99.0 Å². The number of nitrogen functional groups attached to an aromatic ring is 1. The van der Waals surface area contributed by atoms with E-state index in [0.717, 1.165) is 6.07 Å². The van der Waals surface area contributed by atoms with E-state index < -0.39 is 36.6 Å². The monoisotopic (exact) mass is 267 g/mol. The van der Waals surface area contributed by atoms with E-state index in [0.29, 0.717) is 6.07 Å². The maximum absolute atomic E-state index is 13.2. The molecule has 4 nitrogen and oxygen atoms in total. The minimum absolute atomic E-state index is 0.240. The third kappa shape index (κ3) is 3.79. The fourth-order valence-corrected chi connectivity index (χ4v) is 1.14. The van der Waals surface area contributed by atoms with Crippen LogP contribution in [0.25, 0.3) is 0 Å². The molecular weight excluding hydrogens is 258 g/mol. The van der Waals surface area contributed by atoms with Crippen molar-refractivity contribution < 1.29 is 32.2 Å². The predicted octanol–water partition coefficient (Wildman–Crippen LogP) is 2.44. The summed E-state index contributed by atoms with van der Waals surface area (Å²) in [7, 11) is 0. The molecule has 3 N–H and O–H groups in total. The first kappa shape index (κ1) is 14.1. The number of hydrogen-bond donors (Lipinski definition) is 2. The smallest absolute Gasteiger partial charge is 0.392 e. The van der Waals surface area contributed by atoms with Crippen molar-refractivity contribution in [2.45, 2.75) is 12.6 Å². The van der Waals surface area contributed by atoms with Crippen LogP contribution in [0.15, 0.2) is 12.1 Å². The molecule has 0 amide bonds. The number of carbonyl (C=O) groups is 1. The molecule has 0 bridgehead atoms. The maximum Gasteiger partial charge on any atom is 0.392 e. The topological polar surface area (TPSA) is 72.6 Å². The van der Waals surface area contributed by atoms with E-state index >= 15 is 0 Å². The van der Waals surface area contributed by atoms with Gasteiger partial charge >= 0.3 is 12.1 Å². The average molecular weight is 267 g/mol. The quantitative estimate of drug-likeness (QED) is 0.649. The molecule has 0 aromatic heterocycles. The summed E-state index contributed by atoms with van der Waals surface area (Å²) in [5.41, 5.74) is 4.43. The number of carboxylic acid groups (broad SMARTS) is 1. The Balaban J connectivity index is 2.79. The van der Waals surface area contributed by atoms with Gasteiger partial charge in [0, 0.05) is 6.07 Å². The Kier molecular flexibility index (Phi) is 4.00. The van der Waals surface area contributed by atoms with Gasteiger partial charge in [-0.3, -0.25) is 0 Å². The number of halogens is 4. The van der Waals surface area contributed by atoms with Gasteiger partial charge in [0.05, 0.1) is 24.3 Å². The minimum atomic E-state index is -4.39. The zero-order valence-corrected chi connectivity index (χ0v) is 8.92. The molecule has 0 radical (unpaired) electrons. The van der Waals surface area contributed by atoms with Crippen LogP contribution in [0, 0.1) is 5.82 Å². The summed E-state index contributed by atoms with van der Waals surface area (Å²) < 4.78 is 53.4. The van der Waals surface area contributed by atoms with Gasteiger partial charge in [0.25, 0.3) is 0 Å². The number of anilines is 1. The average Bonchev–Trinajstić information content (AvgIpc) is 2.20. The van der Waals surface area contributed by atoms with Gasteiger partial charge in [-0.15, -0.1) is 0 Å². The Bertz CT molecular complexity index is 459. The molecule has 18 heavy (non-hydrogen) atoms. The lowest BCUT2D eigenvalue weighted by molar-refractivity contribution is -0.139. The largest absolute Gasteiger partial charge is 0.491 e. The van der Waals surface area contributed by atoms with Crippen molar-refractivity contribution in [3.63, 3.8) is 0 Å². The second-order valence-corrected chi connectivity index (χ2v) is 3.39. The Morgan fingerprint density at radius 2 is 2.00 bits per heavy atom.